The molecule has 0 unspecified atom stereocenters. The molecule has 3 aromatic heterocycles. The predicted molar refractivity (Wildman–Crippen MR) is 107 cm³/mol. The van der Waals surface area contributed by atoms with Crippen LogP contribution in [0.4, 0.5) is 17.6 Å². The molecular weight excluding hydrogens is 430 g/mol. The van der Waals surface area contributed by atoms with E-state index in [0.29, 0.717) is 24.4 Å². The molecule has 0 radical (unpaired) electrons. The maximum atomic E-state index is 12.9. The van der Waals surface area contributed by atoms with E-state index in [0.717, 1.165) is 24.6 Å². The van der Waals surface area contributed by atoms with Crippen molar-refractivity contribution in [3.63, 3.8) is 0 Å². The van der Waals surface area contributed by atoms with E-state index in [1.807, 2.05) is 0 Å². The molecule has 0 spiro atoms. The highest BCUT2D eigenvalue weighted by atomic mass is 19.3. The molecule has 170 valence electrons. The average molecular weight is 451 g/mol. The molecule has 0 atom stereocenters. The smallest absolute Gasteiger partial charge is 0.280 e. The van der Waals surface area contributed by atoms with E-state index < -0.39 is 30.9 Å². The summed E-state index contributed by atoms with van der Waals surface area (Å²) in [5.74, 6) is -0.169. The Bertz CT molecular complexity index is 1100. The Kier molecular flexibility index (Phi) is 6.69. The Morgan fingerprint density at radius 3 is 2.66 bits per heavy atom. The van der Waals surface area contributed by atoms with E-state index in [2.05, 4.69) is 9.97 Å². The molecule has 4 heterocycles. The third-order valence-electron chi connectivity index (χ3n) is 5.24. The molecule has 1 fully saturated rings. The SMILES string of the molecule is O=C(Cc1cc(OCC(F)F)c2nc(C3CCOCC3)cn2c1)c1cccc(C(F)F)n1. The lowest BCUT2D eigenvalue weighted by Crippen LogP contribution is -2.14. The summed E-state index contributed by atoms with van der Waals surface area (Å²) in [6.07, 6.45) is -0.566. The lowest BCUT2D eigenvalue weighted by Gasteiger charge is -2.19. The maximum absolute atomic E-state index is 12.9. The Morgan fingerprint density at radius 2 is 1.94 bits per heavy atom. The van der Waals surface area contributed by atoms with Gasteiger partial charge in [-0.2, -0.15) is 0 Å². The number of nitrogens with zero attached hydrogens (tertiary/aromatic N) is 3. The number of halogens is 4. The van der Waals surface area contributed by atoms with Gasteiger partial charge in [-0.3, -0.25) is 4.79 Å². The number of hydrogen-bond acceptors (Lipinski definition) is 5. The highest BCUT2D eigenvalue weighted by Crippen LogP contribution is 2.30. The van der Waals surface area contributed by atoms with Crippen LogP contribution in [-0.2, 0) is 11.2 Å². The number of carbonyl (C=O) groups excluding carboxylic acids is 1. The van der Waals surface area contributed by atoms with Crippen molar-refractivity contribution in [2.45, 2.75) is 38.0 Å². The number of aromatic nitrogens is 3. The zero-order valence-corrected chi connectivity index (χ0v) is 17.0. The maximum Gasteiger partial charge on any atom is 0.280 e. The van der Waals surface area contributed by atoms with Gasteiger partial charge in [0.05, 0.1) is 5.69 Å². The van der Waals surface area contributed by atoms with Crippen molar-refractivity contribution >= 4 is 11.4 Å². The van der Waals surface area contributed by atoms with Crippen LogP contribution in [-0.4, -0.2) is 46.4 Å². The number of ketones is 1. The first-order valence-electron chi connectivity index (χ1n) is 10.2. The molecule has 1 aliphatic heterocycles. The number of Topliss-reactive ketones (excluding diaryl/α,β-unsaturated/α-hetero) is 1. The molecule has 0 amide bonds. The number of imidazole rings is 1. The third kappa shape index (κ3) is 5.07. The molecule has 32 heavy (non-hydrogen) atoms. The first kappa shape index (κ1) is 22.2. The fourth-order valence-electron chi connectivity index (χ4n) is 3.69. The molecule has 1 aliphatic rings. The van der Waals surface area contributed by atoms with Crippen LogP contribution in [0.15, 0.2) is 36.7 Å². The van der Waals surface area contributed by atoms with Gasteiger partial charge in [0.25, 0.3) is 12.9 Å². The summed E-state index contributed by atoms with van der Waals surface area (Å²) in [6, 6.07) is 5.33. The highest BCUT2D eigenvalue weighted by Gasteiger charge is 2.21. The summed E-state index contributed by atoms with van der Waals surface area (Å²) < 4.78 is 63.6. The van der Waals surface area contributed by atoms with E-state index in [1.54, 1.807) is 16.8 Å². The minimum Gasteiger partial charge on any atom is -0.484 e. The van der Waals surface area contributed by atoms with Crippen molar-refractivity contribution in [2.24, 2.45) is 0 Å². The van der Waals surface area contributed by atoms with Gasteiger partial charge in [-0.25, -0.2) is 27.5 Å². The van der Waals surface area contributed by atoms with Crippen LogP contribution < -0.4 is 4.74 Å². The van der Waals surface area contributed by atoms with E-state index in [9.17, 15) is 22.4 Å². The Morgan fingerprint density at radius 1 is 1.16 bits per heavy atom. The van der Waals surface area contributed by atoms with Gasteiger partial charge in [-0.05, 0) is 36.6 Å². The van der Waals surface area contributed by atoms with Gasteiger partial charge >= 0.3 is 0 Å². The van der Waals surface area contributed by atoms with Crippen LogP contribution in [0.1, 0.15) is 52.6 Å². The molecule has 10 heteroatoms. The van der Waals surface area contributed by atoms with Crippen molar-refractivity contribution in [1.82, 2.24) is 14.4 Å². The molecule has 0 aromatic carbocycles. The molecular formula is C22H21F4N3O3. The molecule has 0 aliphatic carbocycles. The lowest BCUT2D eigenvalue weighted by molar-refractivity contribution is 0.0821. The number of rotatable bonds is 8. The number of fused-ring (bicyclic) bond motifs is 1. The van der Waals surface area contributed by atoms with Gasteiger partial charge in [0.15, 0.2) is 17.2 Å². The highest BCUT2D eigenvalue weighted by molar-refractivity contribution is 5.95. The first-order chi connectivity index (χ1) is 15.4. The molecule has 0 N–H and O–H groups in total. The average Bonchev–Trinajstić information content (AvgIpc) is 3.22. The Hall–Kier alpha value is -3.01. The standard InChI is InChI=1S/C22H21F4N3O3/c23-20(24)12-32-19-9-13(8-18(30)15-2-1-3-16(27-15)21(25)26)10-29-11-17(28-22(19)29)14-4-6-31-7-5-14/h1-3,9-11,14,20-21H,4-8,12H2. The van der Waals surface area contributed by atoms with E-state index in [-0.39, 0.29) is 23.8 Å². The van der Waals surface area contributed by atoms with Crippen LogP contribution in [0.25, 0.3) is 5.65 Å². The van der Waals surface area contributed by atoms with Gasteiger partial charge in [-0.1, -0.05) is 6.07 Å². The van der Waals surface area contributed by atoms with E-state index >= 15 is 0 Å². The largest absolute Gasteiger partial charge is 0.484 e. The van der Waals surface area contributed by atoms with Gasteiger partial charge in [0, 0.05) is 37.9 Å². The molecule has 0 saturated carbocycles. The number of ether oxygens (including phenoxy) is 2. The fourth-order valence-corrected chi connectivity index (χ4v) is 3.69. The lowest BCUT2D eigenvalue weighted by atomic mass is 9.97. The fraction of sp³-hybridized carbons (Fsp3) is 0.409. The molecule has 3 aromatic rings. The zero-order chi connectivity index (χ0) is 22.7. The molecule has 6 nitrogen and oxygen atoms in total. The van der Waals surface area contributed by atoms with Crippen LogP contribution in [0.5, 0.6) is 5.75 Å². The van der Waals surface area contributed by atoms with Crippen molar-refractivity contribution < 1.29 is 31.8 Å². The summed E-state index contributed by atoms with van der Waals surface area (Å²) in [4.78, 5) is 20.9. The second-order valence-electron chi connectivity index (χ2n) is 7.55. The van der Waals surface area contributed by atoms with Crippen LogP contribution in [0, 0.1) is 0 Å². The summed E-state index contributed by atoms with van der Waals surface area (Å²) in [5.41, 5.74) is 1.06. The van der Waals surface area contributed by atoms with Crippen molar-refractivity contribution in [2.75, 3.05) is 19.8 Å². The van der Waals surface area contributed by atoms with Crippen molar-refractivity contribution in [3.8, 4) is 5.75 Å². The minimum absolute atomic E-state index is 0.0912. The van der Waals surface area contributed by atoms with E-state index in [4.69, 9.17) is 9.47 Å². The Balaban J connectivity index is 1.64. The summed E-state index contributed by atoms with van der Waals surface area (Å²) in [5, 5.41) is 0. The Labute approximate surface area is 181 Å². The van der Waals surface area contributed by atoms with Crippen LogP contribution >= 0.6 is 0 Å². The first-order valence-corrected chi connectivity index (χ1v) is 10.2. The number of pyridine rings is 2. The topological polar surface area (TPSA) is 65.7 Å². The quantitative estimate of drug-likeness (QED) is 0.369. The third-order valence-corrected chi connectivity index (χ3v) is 5.24. The van der Waals surface area contributed by atoms with Gasteiger partial charge < -0.3 is 13.9 Å². The van der Waals surface area contributed by atoms with E-state index in [1.165, 1.54) is 18.2 Å². The second kappa shape index (κ2) is 9.64. The minimum atomic E-state index is -2.79. The summed E-state index contributed by atoms with van der Waals surface area (Å²) >= 11 is 0. The second-order valence-corrected chi connectivity index (χ2v) is 7.55. The summed E-state index contributed by atoms with van der Waals surface area (Å²) in [7, 11) is 0. The molecule has 1 saturated heterocycles. The molecule has 0 bridgehead atoms. The molecule has 4 rings (SSSR count). The number of alkyl halides is 4. The van der Waals surface area contributed by atoms with Crippen LogP contribution in [0.2, 0.25) is 0 Å². The van der Waals surface area contributed by atoms with Gasteiger partial charge in [-0.15, -0.1) is 0 Å². The van der Waals surface area contributed by atoms with Gasteiger partial charge in [0.2, 0.25) is 0 Å². The predicted octanol–water partition coefficient (Wildman–Crippen LogP) is 4.63. The monoisotopic (exact) mass is 451 g/mol. The number of hydrogen-bond donors (Lipinski definition) is 0. The zero-order valence-electron chi connectivity index (χ0n) is 17.0. The van der Waals surface area contributed by atoms with Crippen molar-refractivity contribution in [3.05, 3.63) is 59.3 Å². The van der Waals surface area contributed by atoms with Crippen molar-refractivity contribution in [1.29, 1.82) is 0 Å². The normalized spacial score (nSPS) is 15.1. The summed E-state index contributed by atoms with van der Waals surface area (Å²) in [6.45, 7) is 0.430. The van der Waals surface area contributed by atoms with Crippen LogP contribution in [0.3, 0.4) is 0 Å². The number of carbonyl (C=O) groups is 1. The van der Waals surface area contributed by atoms with Gasteiger partial charge in [0.1, 0.15) is 18.0 Å².